The zero-order valence-corrected chi connectivity index (χ0v) is 16.8. The zero-order chi connectivity index (χ0) is 19.8. The SMILES string of the molecule is CN1CCC(c2ccc(N[C@H]3CC[C@H](Nc4ncc(C5CC5)cn4)C3)nc2)C1=O. The Morgan fingerprint density at radius 3 is 2.24 bits per heavy atom. The fourth-order valence-electron chi connectivity index (χ4n) is 4.50. The molecule has 5 rings (SSSR count). The number of likely N-dealkylation sites (tertiary alicyclic amines) is 1. The lowest BCUT2D eigenvalue weighted by molar-refractivity contribution is -0.127. The highest BCUT2D eigenvalue weighted by atomic mass is 16.2. The van der Waals surface area contributed by atoms with Gasteiger partial charge in [0.15, 0.2) is 0 Å². The van der Waals surface area contributed by atoms with Crippen molar-refractivity contribution in [3.8, 4) is 0 Å². The van der Waals surface area contributed by atoms with E-state index in [4.69, 9.17) is 0 Å². The number of carbonyl (C=O) groups is 1. The molecule has 0 bridgehead atoms. The van der Waals surface area contributed by atoms with E-state index in [-0.39, 0.29) is 11.8 Å². The van der Waals surface area contributed by atoms with Crippen molar-refractivity contribution in [2.45, 2.75) is 62.4 Å². The topological polar surface area (TPSA) is 83.0 Å². The van der Waals surface area contributed by atoms with Crippen molar-refractivity contribution in [3.05, 3.63) is 41.9 Å². The summed E-state index contributed by atoms with van der Waals surface area (Å²) in [5.41, 5.74) is 2.28. The smallest absolute Gasteiger partial charge is 0.229 e. The Labute approximate surface area is 171 Å². The van der Waals surface area contributed by atoms with Crippen LogP contribution in [-0.4, -0.2) is 51.4 Å². The molecular formula is C22H28N6O. The first-order chi connectivity index (χ1) is 14.2. The molecule has 152 valence electrons. The van der Waals surface area contributed by atoms with Crippen LogP contribution in [0.1, 0.15) is 61.5 Å². The van der Waals surface area contributed by atoms with Gasteiger partial charge in [-0.25, -0.2) is 15.0 Å². The van der Waals surface area contributed by atoms with Crippen LogP contribution < -0.4 is 10.6 Å². The third-order valence-electron chi connectivity index (χ3n) is 6.45. The first kappa shape index (κ1) is 18.3. The molecule has 0 aromatic carbocycles. The Balaban J connectivity index is 1.13. The summed E-state index contributed by atoms with van der Waals surface area (Å²) in [4.78, 5) is 27.5. The van der Waals surface area contributed by atoms with Gasteiger partial charge in [0, 0.05) is 44.3 Å². The van der Waals surface area contributed by atoms with E-state index in [0.717, 1.165) is 49.6 Å². The van der Waals surface area contributed by atoms with Gasteiger partial charge < -0.3 is 15.5 Å². The zero-order valence-electron chi connectivity index (χ0n) is 16.8. The van der Waals surface area contributed by atoms with Crippen LogP contribution in [0.2, 0.25) is 0 Å². The molecule has 1 unspecified atom stereocenters. The van der Waals surface area contributed by atoms with Gasteiger partial charge in [-0.15, -0.1) is 0 Å². The maximum atomic E-state index is 12.2. The molecule has 7 heteroatoms. The quantitative estimate of drug-likeness (QED) is 0.786. The van der Waals surface area contributed by atoms with Crippen LogP contribution in [0, 0.1) is 0 Å². The molecule has 0 spiro atoms. The molecule has 29 heavy (non-hydrogen) atoms. The number of pyridine rings is 1. The lowest BCUT2D eigenvalue weighted by Crippen LogP contribution is -2.22. The first-order valence-electron chi connectivity index (χ1n) is 10.7. The number of amides is 1. The van der Waals surface area contributed by atoms with Crippen molar-refractivity contribution in [2.75, 3.05) is 24.2 Å². The lowest BCUT2D eigenvalue weighted by Gasteiger charge is -2.16. The summed E-state index contributed by atoms with van der Waals surface area (Å²) in [5, 5.41) is 7.01. The van der Waals surface area contributed by atoms with Crippen LogP contribution in [-0.2, 0) is 4.79 Å². The molecule has 2 aromatic heterocycles. The van der Waals surface area contributed by atoms with E-state index in [9.17, 15) is 4.79 Å². The van der Waals surface area contributed by atoms with Crippen molar-refractivity contribution in [2.24, 2.45) is 0 Å². The van der Waals surface area contributed by atoms with Crippen LogP contribution in [0.3, 0.4) is 0 Å². The van der Waals surface area contributed by atoms with Gasteiger partial charge in [0.05, 0.1) is 5.92 Å². The summed E-state index contributed by atoms with van der Waals surface area (Å²) in [5.74, 6) is 2.46. The number of likely N-dealkylation sites (N-methyl/N-ethyl adjacent to an activating group) is 1. The van der Waals surface area contributed by atoms with Crippen molar-refractivity contribution in [1.29, 1.82) is 0 Å². The minimum atomic E-state index is -0.0343. The normalized spacial score (nSPS) is 26.7. The molecule has 7 nitrogen and oxygen atoms in total. The van der Waals surface area contributed by atoms with E-state index in [1.54, 1.807) is 4.90 Å². The van der Waals surface area contributed by atoms with Gasteiger partial charge in [-0.2, -0.15) is 0 Å². The molecule has 0 radical (unpaired) electrons. The fraction of sp³-hybridized carbons (Fsp3) is 0.545. The number of carbonyl (C=O) groups excluding carboxylic acids is 1. The Bertz CT molecular complexity index is 864. The number of nitrogens with zero attached hydrogens (tertiary/aromatic N) is 4. The monoisotopic (exact) mass is 392 g/mol. The standard InChI is InChI=1S/C22H28N6O/c1-28-9-8-19(21(28)29)15-4-7-20(23-11-15)26-17-5-6-18(10-17)27-22-24-12-16(13-25-22)14-2-3-14/h4,7,11-14,17-19H,2-3,5-6,8-10H2,1H3,(H,23,26)(H,24,25,27)/t17-,18-,19?/m0/s1. The average Bonchev–Trinajstić information content (AvgIpc) is 3.42. The molecule has 1 saturated heterocycles. The second kappa shape index (κ2) is 7.61. The van der Waals surface area contributed by atoms with E-state index < -0.39 is 0 Å². The molecule has 3 aliphatic rings. The van der Waals surface area contributed by atoms with Gasteiger partial charge in [0.25, 0.3) is 0 Å². The van der Waals surface area contributed by atoms with Crippen LogP contribution in [0.15, 0.2) is 30.7 Å². The van der Waals surface area contributed by atoms with Gasteiger partial charge >= 0.3 is 0 Å². The largest absolute Gasteiger partial charge is 0.367 e. The van der Waals surface area contributed by atoms with E-state index in [0.29, 0.717) is 18.0 Å². The van der Waals surface area contributed by atoms with Crippen molar-refractivity contribution >= 4 is 17.7 Å². The maximum absolute atomic E-state index is 12.2. The highest BCUT2D eigenvalue weighted by molar-refractivity contribution is 5.85. The predicted octanol–water partition coefficient (Wildman–Crippen LogP) is 3.14. The van der Waals surface area contributed by atoms with E-state index >= 15 is 0 Å². The molecule has 1 aliphatic heterocycles. The van der Waals surface area contributed by atoms with E-state index in [1.165, 1.54) is 18.4 Å². The molecule has 3 fully saturated rings. The van der Waals surface area contributed by atoms with Gasteiger partial charge in [0.2, 0.25) is 11.9 Å². The molecule has 2 aliphatic carbocycles. The second-order valence-corrected chi connectivity index (χ2v) is 8.69. The van der Waals surface area contributed by atoms with Crippen LogP contribution in [0.4, 0.5) is 11.8 Å². The number of anilines is 2. The second-order valence-electron chi connectivity index (χ2n) is 8.69. The summed E-state index contributed by atoms with van der Waals surface area (Å²) in [6, 6.07) is 4.80. The van der Waals surface area contributed by atoms with Crippen LogP contribution >= 0.6 is 0 Å². The Kier molecular flexibility index (Phi) is 4.81. The first-order valence-corrected chi connectivity index (χ1v) is 10.7. The molecule has 3 heterocycles. The summed E-state index contributed by atoms with van der Waals surface area (Å²) in [6.45, 7) is 0.826. The number of hydrogen-bond donors (Lipinski definition) is 2. The Morgan fingerprint density at radius 1 is 0.897 bits per heavy atom. The van der Waals surface area contributed by atoms with Crippen molar-refractivity contribution < 1.29 is 4.79 Å². The van der Waals surface area contributed by atoms with Crippen molar-refractivity contribution in [3.63, 3.8) is 0 Å². The minimum absolute atomic E-state index is 0.0343. The minimum Gasteiger partial charge on any atom is -0.367 e. The highest BCUT2D eigenvalue weighted by Crippen LogP contribution is 2.39. The molecule has 2 saturated carbocycles. The molecule has 2 N–H and O–H groups in total. The number of aromatic nitrogens is 3. The lowest BCUT2D eigenvalue weighted by atomic mass is 10.00. The van der Waals surface area contributed by atoms with Gasteiger partial charge in [-0.3, -0.25) is 4.79 Å². The van der Waals surface area contributed by atoms with E-state index in [2.05, 4.69) is 25.6 Å². The van der Waals surface area contributed by atoms with Crippen molar-refractivity contribution in [1.82, 2.24) is 19.9 Å². The number of hydrogen-bond acceptors (Lipinski definition) is 6. The summed E-state index contributed by atoms with van der Waals surface area (Å²) < 4.78 is 0. The third-order valence-corrected chi connectivity index (χ3v) is 6.45. The maximum Gasteiger partial charge on any atom is 0.229 e. The molecule has 3 atom stereocenters. The Hall–Kier alpha value is -2.70. The average molecular weight is 393 g/mol. The Morgan fingerprint density at radius 2 is 1.62 bits per heavy atom. The molecule has 2 aromatic rings. The highest BCUT2D eigenvalue weighted by Gasteiger charge is 2.31. The van der Waals surface area contributed by atoms with Gasteiger partial charge in [-0.1, -0.05) is 6.07 Å². The van der Waals surface area contributed by atoms with Gasteiger partial charge in [-0.05, 0) is 61.6 Å². The van der Waals surface area contributed by atoms with E-state index in [1.807, 2.05) is 37.8 Å². The predicted molar refractivity (Wildman–Crippen MR) is 112 cm³/mol. The summed E-state index contributed by atoms with van der Waals surface area (Å²) in [6.07, 6.45) is 12.4. The fourth-order valence-corrected chi connectivity index (χ4v) is 4.50. The number of rotatable bonds is 6. The van der Waals surface area contributed by atoms with Crippen LogP contribution in [0.5, 0.6) is 0 Å². The molecule has 1 amide bonds. The van der Waals surface area contributed by atoms with Crippen LogP contribution in [0.25, 0.3) is 0 Å². The third kappa shape index (κ3) is 4.04. The number of nitrogens with one attached hydrogen (secondary N) is 2. The summed E-state index contributed by atoms with van der Waals surface area (Å²) in [7, 11) is 1.86. The van der Waals surface area contributed by atoms with Gasteiger partial charge in [0.1, 0.15) is 5.82 Å². The molecular weight excluding hydrogens is 364 g/mol. The summed E-state index contributed by atoms with van der Waals surface area (Å²) >= 11 is 0.